The lowest BCUT2D eigenvalue weighted by molar-refractivity contribution is 0.712. The zero-order valence-electron chi connectivity index (χ0n) is 7.29. The van der Waals surface area contributed by atoms with Crippen LogP contribution in [0.25, 0.3) is 0 Å². The van der Waals surface area contributed by atoms with Gasteiger partial charge in [-0.3, -0.25) is 4.98 Å². The maximum atomic E-state index is 8.48. The number of hydrogen-bond donors (Lipinski definition) is 1. The van der Waals surface area contributed by atoms with Crippen LogP contribution in [0.1, 0.15) is 23.7 Å². The van der Waals surface area contributed by atoms with Crippen molar-refractivity contribution >= 4 is 15.9 Å². The van der Waals surface area contributed by atoms with Gasteiger partial charge in [0.1, 0.15) is 0 Å². The van der Waals surface area contributed by atoms with Gasteiger partial charge in [0.15, 0.2) is 0 Å². The number of nitriles is 1. The first-order valence-electron chi connectivity index (χ1n) is 3.89. The summed E-state index contributed by atoms with van der Waals surface area (Å²) in [4.78, 5) is 4.17. The minimum absolute atomic E-state index is 0.280. The predicted octanol–water partition coefficient (Wildman–Crippen LogP) is 2.07. The number of pyridine rings is 1. The van der Waals surface area contributed by atoms with Crippen LogP contribution in [-0.2, 0) is 0 Å². The van der Waals surface area contributed by atoms with Crippen LogP contribution in [0.4, 0.5) is 0 Å². The van der Waals surface area contributed by atoms with Gasteiger partial charge in [-0.05, 0) is 34.5 Å². The van der Waals surface area contributed by atoms with Crippen molar-refractivity contribution in [1.82, 2.24) is 4.98 Å². The molecule has 68 valence electrons. The van der Waals surface area contributed by atoms with E-state index in [2.05, 4.69) is 20.9 Å². The van der Waals surface area contributed by atoms with Crippen LogP contribution in [0.5, 0.6) is 0 Å². The van der Waals surface area contributed by atoms with E-state index in [0.717, 1.165) is 15.7 Å². The fourth-order valence-electron chi connectivity index (χ4n) is 1.13. The Hall–Kier alpha value is -0.920. The number of rotatable bonds is 2. The number of aromatic nitrogens is 1. The highest BCUT2D eigenvalue weighted by atomic mass is 79.9. The summed E-state index contributed by atoms with van der Waals surface area (Å²) in [5.41, 5.74) is 7.56. The summed E-state index contributed by atoms with van der Waals surface area (Å²) in [5.74, 6) is 0. The summed E-state index contributed by atoms with van der Waals surface area (Å²) < 4.78 is 0.929. The maximum absolute atomic E-state index is 8.48. The van der Waals surface area contributed by atoms with Gasteiger partial charge in [0, 0.05) is 10.7 Å². The molecule has 0 saturated carbocycles. The predicted molar refractivity (Wildman–Crippen MR) is 53.8 cm³/mol. The largest absolute Gasteiger partial charge is 0.322 e. The highest BCUT2D eigenvalue weighted by Crippen LogP contribution is 2.18. The molecule has 0 amide bonds. The van der Waals surface area contributed by atoms with Crippen molar-refractivity contribution in [3.63, 3.8) is 0 Å². The average Bonchev–Trinajstić information content (AvgIpc) is 2.04. The van der Waals surface area contributed by atoms with E-state index in [0.29, 0.717) is 6.42 Å². The van der Waals surface area contributed by atoms with E-state index in [-0.39, 0.29) is 6.04 Å². The van der Waals surface area contributed by atoms with E-state index in [9.17, 15) is 0 Å². The molecular formula is C9H10BrN3. The van der Waals surface area contributed by atoms with Crippen LogP contribution in [0, 0.1) is 18.3 Å². The molecule has 3 nitrogen and oxygen atoms in total. The van der Waals surface area contributed by atoms with Crippen molar-refractivity contribution in [3.05, 3.63) is 28.0 Å². The van der Waals surface area contributed by atoms with Crippen LogP contribution in [0.3, 0.4) is 0 Å². The summed E-state index contributed by atoms with van der Waals surface area (Å²) in [5, 5.41) is 8.48. The Bertz CT molecular complexity index is 343. The van der Waals surface area contributed by atoms with Gasteiger partial charge in [-0.2, -0.15) is 5.26 Å². The number of hydrogen-bond acceptors (Lipinski definition) is 3. The minimum Gasteiger partial charge on any atom is -0.322 e. The van der Waals surface area contributed by atoms with Gasteiger partial charge >= 0.3 is 0 Å². The fourth-order valence-corrected chi connectivity index (χ4v) is 1.58. The third kappa shape index (κ3) is 2.51. The van der Waals surface area contributed by atoms with Crippen molar-refractivity contribution in [2.45, 2.75) is 19.4 Å². The lowest BCUT2D eigenvalue weighted by Crippen LogP contribution is -2.12. The van der Waals surface area contributed by atoms with E-state index < -0.39 is 0 Å². The standard InChI is InChI=1S/C9H10BrN3/c1-6-4-7(10)5-13-9(6)8(12)2-3-11/h4-5,8H,2,12H2,1H3/t8-/m1/s1. The van der Waals surface area contributed by atoms with Crippen LogP contribution in [0.15, 0.2) is 16.7 Å². The second kappa shape index (κ2) is 4.35. The Labute approximate surface area is 85.7 Å². The minimum atomic E-state index is -0.280. The van der Waals surface area contributed by atoms with Crippen molar-refractivity contribution in [3.8, 4) is 6.07 Å². The molecule has 1 heterocycles. The second-order valence-electron chi connectivity index (χ2n) is 2.82. The van der Waals surface area contributed by atoms with Gasteiger partial charge in [0.05, 0.1) is 24.2 Å². The maximum Gasteiger partial charge on any atom is 0.0642 e. The van der Waals surface area contributed by atoms with Crippen molar-refractivity contribution < 1.29 is 0 Å². The Kier molecular flexibility index (Phi) is 3.40. The smallest absolute Gasteiger partial charge is 0.0642 e. The SMILES string of the molecule is Cc1cc(Br)cnc1[C@H](N)CC#N. The molecule has 0 radical (unpaired) electrons. The lowest BCUT2D eigenvalue weighted by atomic mass is 10.1. The van der Waals surface area contributed by atoms with Crippen LogP contribution in [-0.4, -0.2) is 4.98 Å². The van der Waals surface area contributed by atoms with Crippen LogP contribution < -0.4 is 5.73 Å². The highest BCUT2D eigenvalue weighted by Gasteiger charge is 2.09. The Morgan fingerprint density at radius 1 is 1.77 bits per heavy atom. The molecule has 0 unspecified atom stereocenters. The first-order valence-corrected chi connectivity index (χ1v) is 4.69. The summed E-state index contributed by atoms with van der Waals surface area (Å²) in [6, 6.07) is 3.70. The van der Waals surface area contributed by atoms with E-state index in [1.54, 1.807) is 6.20 Å². The molecule has 0 bridgehead atoms. The first kappa shape index (κ1) is 10.2. The topological polar surface area (TPSA) is 62.7 Å². The highest BCUT2D eigenvalue weighted by molar-refractivity contribution is 9.10. The summed E-state index contributed by atoms with van der Waals surface area (Å²) in [6.45, 7) is 1.93. The molecule has 0 aliphatic rings. The van der Waals surface area contributed by atoms with Crippen LogP contribution >= 0.6 is 15.9 Å². The third-order valence-electron chi connectivity index (χ3n) is 1.75. The molecule has 1 aromatic heterocycles. The van der Waals surface area contributed by atoms with Crippen molar-refractivity contribution in [1.29, 1.82) is 5.26 Å². The monoisotopic (exact) mass is 239 g/mol. The molecule has 0 saturated heterocycles. The van der Waals surface area contributed by atoms with E-state index >= 15 is 0 Å². The summed E-state index contributed by atoms with van der Waals surface area (Å²) in [7, 11) is 0. The van der Waals surface area contributed by atoms with Gasteiger partial charge in [0.2, 0.25) is 0 Å². The third-order valence-corrected chi connectivity index (χ3v) is 2.18. The first-order chi connectivity index (χ1) is 6.15. The van der Waals surface area contributed by atoms with Gasteiger partial charge < -0.3 is 5.73 Å². The lowest BCUT2D eigenvalue weighted by Gasteiger charge is -2.09. The molecule has 4 heteroatoms. The van der Waals surface area contributed by atoms with Crippen LogP contribution in [0.2, 0.25) is 0 Å². The van der Waals surface area contributed by atoms with Gasteiger partial charge in [-0.25, -0.2) is 0 Å². The average molecular weight is 240 g/mol. The van der Waals surface area contributed by atoms with Crippen molar-refractivity contribution in [2.75, 3.05) is 0 Å². The van der Waals surface area contributed by atoms with Crippen molar-refractivity contribution in [2.24, 2.45) is 5.73 Å². The summed E-state index contributed by atoms with van der Waals surface area (Å²) >= 11 is 3.32. The fraction of sp³-hybridized carbons (Fsp3) is 0.333. The zero-order valence-corrected chi connectivity index (χ0v) is 8.87. The molecule has 0 spiro atoms. The normalized spacial score (nSPS) is 12.2. The Morgan fingerprint density at radius 3 is 3.00 bits per heavy atom. The quantitative estimate of drug-likeness (QED) is 0.860. The molecular weight excluding hydrogens is 230 g/mol. The van der Waals surface area contributed by atoms with E-state index in [4.69, 9.17) is 11.0 Å². The number of halogens is 1. The van der Waals surface area contributed by atoms with Gasteiger partial charge in [0.25, 0.3) is 0 Å². The zero-order chi connectivity index (χ0) is 9.84. The Balaban J connectivity index is 2.96. The number of nitrogens with zero attached hydrogens (tertiary/aromatic N) is 2. The molecule has 0 aliphatic heterocycles. The molecule has 0 aromatic carbocycles. The Morgan fingerprint density at radius 2 is 2.46 bits per heavy atom. The number of aryl methyl sites for hydroxylation is 1. The number of nitrogens with two attached hydrogens (primary N) is 1. The van der Waals surface area contributed by atoms with E-state index in [1.165, 1.54) is 0 Å². The molecule has 1 atom stereocenters. The van der Waals surface area contributed by atoms with E-state index in [1.807, 2.05) is 19.1 Å². The van der Waals surface area contributed by atoms with Gasteiger partial charge in [-0.15, -0.1) is 0 Å². The molecule has 0 aliphatic carbocycles. The van der Waals surface area contributed by atoms with Gasteiger partial charge in [-0.1, -0.05) is 0 Å². The summed E-state index contributed by atoms with van der Waals surface area (Å²) in [6.07, 6.45) is 2.00. The molecule has 2 N–H and O–H groups in total. The molecule has 1 rings (SSSR count). The molecule has 0 fully saturated rings. The molecule has 1 aromatic rings. The molecule has 13 heavy (non-hydrogen) atoms. The second-order valence-corrected chi connectivity index (χ2v) is 3.74.